The number of rotatable bonds is 7. The number of ether oxygens (including phenoxy) is 1. The van der Waals surface area contributed by atoms with E-state index in [2.05, 4.69) is 15.2 Å². The summed E-state index contributed by atoms with van der Waals surface area (Å²) < 4.78 is 19.0. The van der Waals surface area contributed by atoms with Crippen LogP contribution in [-0.4, -0.2) is 36.0 Å². The average Bonchev–Trinajstić information content (AvgIpc) is 2.83. The second-order valence-electron chi connectivity index (χ2n) is 8.17. The van der Waals surface area contributed by atoms with Gasteiger partial charge in [-0.1, -0.05) is 30.3 Å². The summed E-state index contributed by atoms with van der Waals surface area (Å²) in [5, 5.41) is 3.22. The van der Waals surface area contributed by atoms with Crippen LogP contribution in [0.3, 0.4) is 0 Å². The molecule has 0 radical (unpaired) electrons. The van der Waals surface area contributed by atoms with Crippen molar-refractivity contribution in [2.75, 3.05) is 20.2 Å². The number of benzene rings is 2. The number of para-hydroxylation sites is 1. The highest BCUT2D eigenvalue weighted by Gasteiger charge is 2.31. The van der Waals surface area contributed by atoms with Gasteiger partial charge in [-0.2, -0.15) is 0 Å². The lowest BCUT2D eigenvalue weighted by Gasteiger charge is -2.37. The van der Waals surface area contributed by atoms with Crippen molar-refractivity contribution in [3.8, 4) is 5.75 Å². The lowest BCUT2D eigenvalue weighted by atomic mass is 9.88. The molecular formula is C26H28FN3O2. The molecule has 1 aromatic heterocycles. The zero-order valence-corrected chi connectivity index (χ0v) is 18.2. The second kappa shape index (κ2) is 10.4. The van der Waals surface area contributed by atoms with Crippen molar-refractivity contribution in [3.05, 3.63) is 95.6 Å². The van der Waals surface area contributed by atoms with Crippen LogP contribution in [0.15, 0.2) is 72.9 Å². The summed E-state index contributed by atoms with van der Waals surface area (Å²) in [6, 6.07) is 19.5. The Kier molecular flexibility index (Phi) is 7.12. The van der Waals surface area contributed by atoms with Crippen LogP contribution in [0.4, 0.5) is 4.39 Å². The van der Waals surface area contributed by atoms with E-state index < -0.39 is 0 Å². The molecule has 2 aromatic carbocycles. The number of pyridine rings is 1. The van der Waals surface area contributed by atoms with Gasteiger partial charge in [-0.3, -0.25) is 14.7 Å². The highest BCUT2D eigenvalue weighted by atomic mass is 19.1. The lowest BCUT2D eigenvalue weighted by molar-refractivity contribution is 0.0872. The van der Waals surface area contributed by atoms with Gasteiger partial charge in [0.1, 0.15) is 11.6 Å². The molecule has 1 aliphatic rings. The van der Waals surface area contributed by atoms with Crippen LogP contribution in [0, 0.1) is 11.7 Å². The molecule has 0 saturated carbocycles. The van der Waals surface area contributed by atoms with Gasteiger partial charge in [0.2, 0.25) is 0 Å². The van der Waals surface area contributed by atoms with Crippen molar-refractivity contribution in [1.82, 2.24) is 15.2 Å². The van der Waals surface area contributed by atoms with Gasteiger partial charge < -0.3 is 10.1 Å². The fourth-order valence-electron chi connectivity index (χ4n) is 4.44. The number of carbonyl (C=O) groups excluding carboxylic acids is 1. The standard InChI is InChI=1S/C26H28FN3O2/c1-32-24-13-3-2-11-22(24)26(31)29-25(23-12-4-5-14-28-23)20-9-7-15-30(18-20)17-19-8-6-10-21(27)16-19/h2-6,8,10-14,16,20,25H,7,9,15,17-18H2,1H3,(H,29,31)/t20-,25+/m0/s1. The summed E-state index contributed by atoms with van der Waals surface area (Å²) in [6.45, 7) is 2.43. The molecule has 6 heteroatoms. The first-order valence-corrected chi connectivity index (χ1v) is 11.0. The summed E-state index contributed by atoms with van der Waals surface area (Å²) in [4.78, 5) is 20.1. The number of hydrogen-bond acceptors (Lipinski definition) is 4. The van der Waals surface area contributed by atoms with E-state index in [0.29, 0.717) is 17.9 Å². The minimum Gasteiger partial charge on any atom is -0.496 e. The molecule has 2 atom stereocenters. The minimum absolute atomic E-state index is 0.180. The Morgan fingerprint density at radius 2 is 2.03 bits per heavy atom. The molecule has 1 N–H and O–H groups in total. The van der Waals surface area contributed by atoms with Gasteiger partial charge in [-0.15, -0.1) is 0 Å². The van der Waals surface area contributed by atoms with Crippen LogP contribution >= 0.6 is 0 Å². The average molecular weight is 434 g/mol. The number of amides is 1. The van der Waals surface area contributed by atoms with E-state index in [1.165, 1.54) is 6.07 Å². The Hall–Kier alpha value is -3.25. The monoisotopic (exact) mass is 433 g/mol. The van der Waals surface area contributed by atoms with Crippen LogP contribution in [-0.2, 0) is 6.54 Å². The fourth-order valence-corrected chi connectivity index (χ4v) is 4.44. The number of nitrogens with one attached hydrogen (secondary N) is 1. The number of likely N-dealkylation sites (tertiary alicyclic amines) is 1. The van der Waals surface area contributed by atoms with Crippen molar-refractivity contribution < 1.29 is 13.9 Å². The maximum absolute atomic E-state index is 13.6. The quantitative estimate of drug-likeness (QED) is 0.591. The molecule has 1 saturated heterocycles. The summed E-state index contributed by atoms with van der Waals surface area (Å²) in [7, 11) is 1.56. The molecule has 0 spiro atoms. The van der Waals surface area contributed by atoms with E-state index in [9.17, 15) is 9.18 Å². The molecule has 4 rings (SSSR count). The number of piperidine rings is 1. The van der Waals surface area contributed by atoms with Crippen molar-refractivity contribution in [1.29, 1.82) is 0 Å². The van der Waals surface area contributed by atoms with Gasteiger partial charge in [0.25, 0.3) is 5.91 Å². The maximum Gasteiger partial charge on any atom is 0.255 e. The van der Waals surface area contributed by atoms with Gasteiger partial charge in [-0.05, 0) is 67.3 Å². The number of methoxy groups -OCH3 is 1. The first-order valence-electron chi connectivity index (χ1n) is 11.0. The lowest BCUT2D eigenvalue weighted by Crippen LogP contribution is -2.43. The maximum atomic E-state index is 13.6. The molecule has 0 aliphatic carbocycles. The predicted octanol–water partition coefficient (Wildman–Crippen LogP) is 4.61. The van der Waals surface area contributed by atoms with Crippen LogP contribution in [0.5, 0.6) is 5.75 Å². The summed E-state index contributed by atoms with van der Waals surface area (Å²) >= 11 is 0. The van der Waals surface area contributed by atoms with E-state index in [1.54, 1.807) is 37.6 Å². The van der Waals surface area contributed by atoms with E-state index in [-0.39, 0.29) is 23.7 Å². The molecule has 166 valence electrons. The molecule has 0 unspecified atom stereocenters. The van der Waals surface area contributed by atoms with Gasteiger partial charge in [0.05, 0.1) is 24.4 Å². The normalized spacial score (nSPS) is 17.5. The second-order valence-corrected chi connectivity index (χ2v) is 8.17. The van der Waals surface area contributed by atoms with Crippen molar-refractivity contribution in [2.45, 2.75) is 25.4 Å². The summed E-state index contributed by atoms with van der Waals surface area (Å²) in [5.41, 5.74) is 2.30. The summed E-state index contributed by atoms with van der Waals surface area (Å²) in [6.07, 6.45) is 3.74. The Morgan fingerprint density at radius 1 is 1.19 bits per heavy atom. The van der Waals surface area contributed by atoms with E-state index >= 15 is 0 Å². The number of hydrogen-bond donors (Lipinski definition) is 1. The Labute approximate surface area is 188 Å². The zero-order valence-electron chi connectivity index (χ0n) is 18.2. The molecule has 2 heterocycles. The fraction of sp³-hybridized carbons (Fsp3) is 0.308. The van der Waals surface area contributed by atoms with Crippen molar-refractivity contribution in [3.63, 3.8) is 0 Å². The Balaban J connectivity index is 1.54. The number of nitrogens with zero attached hydrogens (tertiary/aromatic N) is 2. The van der Waals surface area contributed by atoms with E-state index in [4.69, 9.17) is 4.74 Å². The topological polar surface area (TPSA) is 54.5 Å². The largest absolute Gasteiger partial charge is 0.496 e. The highest BCUT2D eigenvalue weighted by Crippen LogP contribution is 2.30. The van der Waals surface area contributed by atoms with Crippen molar-refractivity contribution in [2.24, 2.45) is 5.92 Å². The predicted molar refractivity (Wildman–Crippen MR) is 122 cm³/mol. The number of halogens is 1. The molecule has 3 aromatic rings. The van der Waals surface area contributed by atoms with Crippen LogP contribution in [0.2, 0.25) is 0 Å². The van der Waals surface area contributed by atoms with Crippen LogP contribution in [0.1, 0.15) is 40.5 Å². The molecule has 32 heavy (non-hydrogen) atoms. The molecular weight excluding hydrogens is 405 g/mol. The van der Waals surface area contributed by atoms with Gasteiger partial charge >= 0.3 is 0 Å². The highest BCUT2D eigenvalue weighted by molar-refractivity contribution is 5.97. The molecule has 5 nitrogen and oxygen atoms in total. The first-order chi connectivity index (χ1) is 15.6. The molecule has 1 amide bonds. The van der Waals surface area contributed by atoms with Gasteiger partial charge in [0, 0.05) is 19.3 Å². The van der Waals surface area contributed by atoms with Crippen LogP contribution in [0.25, 0.3) is 0 Å². The third-order valence-electron chi connectivity index (χ3n) is 5.95. The van der Waals surface area contributed by atoms with E-state index in [1.807, 2.05) is 36.4 Å². The number of aromatic nitrogens is 1. The first kappa shape index (κ1) is 22.0. The van der Waals surface area contributed by atoms with Gasteiger partial charge in [-0.25, -0.2) is 4.39 Å². The van der Waals surface area contributed by atoms with Gasteiger partial charge in [0.15, 0.2) is 0 Å². The minimum atomic E-state index is -0.232. The third kappa shape index (κ3) is 5.32. The summed E-state index contributed by atoms with van der Waals surface area (Å²) in [5.74, 6) is 0.332. The van der Waals surface area contributed by atoms with Crippen LogP contribution < -0.4 is 10.1 Å². The van der Waals surface area contributed by atoms with Crippen molar-refractivity contribution >= 4 is 5.91 Å². The smallest absolute Gasteiger partial charge is 0.255 e. The zero-order chi connectivity index (χ0) is 22.3. The molecule has 0 bridgehead atoms. The molecule has 1 fully saturated rings. The Morgan fingerprint density at radius 3 is 2.81 bits per heavy atom. The Bertz CT molecular complexity index is 1040. The number of carbonyl (C=O) groups is 1. The SMILES string of the molecule is COc1ccccc1C(=O)N[C@@H](c1ccccn1)[C@H]1CCCN(Cc2cccc(F)c2)C1. The molecule has 1 aliphatic heterocycles. The third-order valence-corrected chi connectivity index (χ3v) is 5.95. The van der Waals surface area contributed by atoms with E-state index in [0.717, 1.165) is 37.2 Å².